The molecule has 3 heteroatoms. The number of anilines is 3. The first-order valence-corrected chi connectivity index (χ1v) is 25.0. The number of rotatable bonds is 8. The van der Waals surface area contributed by atoms with E-state index in [2.05, 4.69) is 289 Å². The molecule has 0 bridgehead atoms. The Morgan fingerprint density at radius 1 is 0.292 bits per heavy atom. The summed E-state index contributed by atoms with van der Waals surface area (Å²) in [6.45, 7) is 4.72. The van der Waals surface area contributed by atoms with Crippen LogP contribution in [0.4, 0.5) is 17.1 Å². The van der Waals surface area contributed by atoms with E-state index in [0.29, 0.717) is 0 Å². The summed E-state index contributed by atoms with van der Waals surface area (Å²) in [5.74, 6) is 0. The first-order valence-electron chi connectivity index (χ1n) is 25.0. The maximum atomic E-state index is 2.45. The number of benzene rings is 11. The maximum absolute atomic E-state index is 2.45. The van der Waals surface area contributed by atoms with Gasteiger partial charge >= 0.3 is 0 Å². The monoisotopic (exact) mass is 919 g/mol. The highest BCUT2D eigenvalue weighted by Gasteiger charge is 2.36. The average molecular weight is 920 g/mol. The normalized spacial score (nSPS) is 12.7. The maximum Gasteiger partial charge on any atom is 0.0619 e. The molecule has 0 spiro atoms. The van der Waals surface area contributed by atoms with Gasteiger partial charge in [-0.3, -0.25) is 0 Å². The fourth-order valence-electron chi connectivity index (χ4n) is 11.9. The molecule has 3 nitrogen and oxygen atoms in total. The van der Waals surface area contributed by atoms with Crippen LogP contribution in [0.2, 0.25) is 0 Å². The third kappa shape index (κ3) is 6.58. The minimum absolute atomic E-state index is 0.127. The van der Waals surface area contributed by atoms with Crippen molar-refractivity contribution in [2.24, 2.45) is 0 Å². The van der Waals surface area contributed by atoms with Crippen molar-refractivity contribution in [1.82, 2.24) is 9.13 Å². The van der Waals surface area contributed by atoms with E-state index in [1.165, 1.54) is 77.0 Å². The highest BCUT2D eigenvalue weighted by atomic mass is 15.1. The highest BCUT2D eigenvalue weighted by Crippen LogP contribution is 2.51. The Balaban J connectivity index is 0.988. The standard InChI is InChI=1S/C69H49N3/c1-69(2)63-33-15-12-28-57(63)58-38-37-55(45-64(58)69)70(51-21-6-3-7-22-51)54-27-18-20-46(43-54)48-40-49(47-36-39-67-62(44-47)60-30-14-16-34-65(60)71(67)52-23-8-4-9-24-52)42-50(41-48)56-31-19-32-61-59-29-13-17-35-66(59)72(68(56)61)53-25-10-5-11-26-53/h3-45H,1-2H3. The Bertz CT molecular complexity index is 4230. The van der Waals surface area contributed by atoms with E-state index in [1.807, 2.05) is 0 Å². The number of aromatic nitrogens is 2. The molecule has 0 saturated heterocycles. The summed E-state index contributed by atoms with van der Waals surface area (Å²) >= 11 is 0. The molecule has 2 aromatic heterocycles. The zero-order valence-electron chi connectivity index (χ0n) is 40.2. The van der Waals surface area contributed by atoms with Crippen molar-refractivity contribution in [1.29, 1.82) is 0 Å². The van der Waals surface area contributed by atoms with Crippen LogP contribution in [0.15, 0.2) is 261 Å². The molecule has 0 N–H and O–H groups in total. The van der Waals surface area contributed by atoms with Crippen molar-refractivity contribution in [3.05, 3.63) is 272 Å². The summed E-state index contributed by atoms with van der Waals surface area (Å²) in [4.78, 5) is 2.42. The Morgan fingerprint density at radius 3 is 1.56 bits per heavy atom. The van der Waals surface area contributed by atoms with E-state index >= 15 is 0 Å². The van der Waals surface area contributed by atoms with Gasteiger partial charge in [-0.15, -0.1) is 0 Å². The smallest absolute Gasteiger partial charge is 0.0619 e. The van der Waals surface area contributed by atoms with E-state index in [9.17, 15) is 0 Å². The summed E-state index contributed by atoms with van der Waals surface area (Å²) in [5.41, 5.74) is 22.6. The fourth-order valence-corrected chi connectivity index (χ4v) is 11.9. The van der Waals surface area contributed by atoms with Crippen LogP contribution in [0.5, 0.6) is 0 Å². The Hall–Kier alpha value is -9.18. The van der Waals surface area contributed by atoms with Gasteiger partial charge in [0.05, 0.1) is 22.1 Å². The first kappa shape index (κ1) is 41.8. The molecule has 0 aliphatic heterocycles. The molecule has 0 unspecified atom stereocenters. The lowest BCUT2D eigenvalue weighted by molar-refractivity contribution is 0.660. The predicted octanol–water partition coefficient (Wildman–Crippen LogP) is 18.7. The van der Waals surface area contributed by atoms with Gasteiger partial charge in [0.2, 0.25) is 0 Å². The molecular formula is C69H49N3. The molecule has 0 amide bonds. The van der Waals surface area contributed by atoms with Gasteiger partial charge in [0.25, 0.3) is 0 Å². The Morgan fingerprint density at radius 2 is 0.806 bits per heavy atom. The molecule has 1 aliphatic carbocycles. The van der Waals surface area contributed by atoms with Crippen LogP contribution in [-0.2, 0) is 5.41 Å². The average Bonchev–Trinajstić information content (AvgIpc) is 4.04. The largest absolute Gasteiger partial charge is 0.310 e. The summed E-state index contributed by atoms with van der Waals surface area (Å²) in [6.07, 6.45) is 0. The van der Waals surface area contributed by atoms with Gasteiger partial charge in [0, 0.05) is 61.0 Å². The van der Waals surface area contributed by atoms with E-state index in [0.717, 1.165) is 50.7 Å². The molecule has 0 saturated carbocycles. The van der Waals surface area contributed by atoms with Crippen molar-refractivity contribution < 1.29 is 0 Å². The van der Waals surface area contributed by atoms with Gasteiger partial charge < -0.3 is 14.0 Å². The van der Waals surface area contributed by atoms with Crippen molar-refractivity contribution in [2.45, 2.75) is 19.3 Å². The molecule has 1 aliphatic rings. The molecule has 0 radical (unpaired) electrons. The lowest BCUT2D eigenvalue weighted by Crippen LogP contribution is -2.16. The third-order valence-electron chi connectivity index (χ3n) is 15.3. The van der Waals surface area contributed by atoms with Crippen molar-refractivity contribution in [3.63, 3.8) is 0 Å². The van der Waals surface area contributed by atoms with Gasteiger partial charge in [0.1, 0.15) is 0 Å². The summed E-state index contributed by atoms with van der Waals surface area (Å²) in [6, 6.07) is 96.1. The summed E-state index contributed by atoms with van der Waals surface area (Å²) in [7, 11) is 0. The number of nitrogens with zero attached hydrogens (tertiary/aromatic N) is 3. The molecule has 0 atom stereocenters. The zero-order chi connectivity index (χ0) is 47.9. The highest BCUT2D eigenvalue weighted by molar-refractivity contribution is 6.14. The second-order valence-corrected chi connectivity index (χ2v) is 19.7. The SMILES string of the molecule is CC1(C)c2ccccc2-c2ccc(N(c3ccccc3)c3cccc(-c4cc(-c5ccc6c(c5)c5ccccc5n6-c5ccccc5)cc(-c5cccc6c7ccccc7n(-c7ccccc7)c56)c4)c3)cc21. The van der Waals surface area contributed by atoms with Gasteiger partial charge in [-0.2, -0.15) is 0 Å². The Kier molecular flexibility index (Phi) is 9.56. The quantitative estimate of drug-likeness (QED) is 0.148. The van der Waals surface area contributed by atoms with Gasteiger partial charge in [-0.1, -0.05) is 172 Å². The number of fused-ring (bicyclic) bond motifs is 9. The lowest BCUT2D eigenvalue weighted by Gasteiger charge is -2.28. The summed E-state index contributed by atoms with van der Waals surface area (Å²) in [5, 5.41) is 4.93. The molecule has 2 heterocycles. The van der Waals surface area contributed by atoms with Crippen LogP contribution in [0, 0.1) is 0 Å². The summed E-state index contributed by atoms with van der Waals surface area (Å²) < 4.78 is 4.84. The first-order chi connectivity index (χ1) is 35.5. The van der Waals surface area contributed by atoms with Crippen LogP contribution in [0.25, 0.3) is 99.5 Å². The molecule has 14 rings (SSSR count). The van der Waals surface area contributed by atoms with E-state index in [4.69, 9.17) is 0 Å². The van der Waals surface area contributed by atoms with Crippen molar-refractivity contribution in [3.8, 4) is 55.9 Å². The van der Waals surface area contributed by atoms with Crippen molar-refractivity contribution in [2.75, 3.05) is 4.90 Å². The van der Waals surface area contributed by atoms with Gasteiger partial charge in [0.15, 0.2) is 0 Å². The van der Waals surface area contributed by atoms with Crippen LogP contribution < -0.4 is 4.90 Å². The minimum Gasteiger partial charge on any atom is -0.310 e. The van der Waals surface area contributed by atoms with E-state index < -0.39 is 0 Å². The molecule has 0 fully saturated rings. The number of para-hydroxylation sites is 6. The predicted molar refractivity (Wildman–Crippen MR) is 304 cm³/mol. The molecule has 13 aromatic rings. The van der Waals surface area contributed by atoms with Gasteiger partial charge in [-0.05, 0) is 153 Å². The molecule has 11 aromatic carbocycles. The third-order valence-corrected chi connectivity index (χ3v) is 15.3. The second kappa shape index (κ2) is 16.5. The Labute approximate surface area is 419 Å². The molecule has 72 heavy (non-hydrogen) atoms. The van der Waals surface area contributed by atoms with E-state index in [-0.39, 0.29) is 5.41 Å². The lowest BCUT2D eigenvalue weighted by atomic mass is 9.82. The molecule has 340 valence electrons. The minimum atomic E-state index is -0.127. The fraction of sp³-hybridized carbons (Fsp3) is 0.0435. The van der Waals surface area contributed by atoms with Crippen molar-refractivity contribution >= 4 is 60.7 Å². The van der Waals surface area contributed by atoms with E-state index in [1.54, 1.807) is 0 Å². The second-order valence-electron chi connectivity index (χ2n) is 19.7. The van der Waals surface area contributed by atoms with Crippen LogP contribution in [0.1, 0.15) is 25.0 Å². The zero-order valence-corrected chi connectivity index (χ0v) is 40.2. The molecular weight excluding hydrogens is 871 g/mol. The topological polar surface area (TPSA) is 13.1 Å². The van der Waals surface area contributed by atoms with Gasteiger partial charge in [-0.25, -0.2) is 0 Å². The number of hydrogen-bond donors (Lipinski definition) is 0. The number of hydrogen-bond acceptors (Lipinski definition) is 1. The van der Waals surface area contributed by atoms with Crippen LogP contribution in [-0.4, -0.2) is 9.13 Å². The van der Waals surface area contributed by atoms with Crippen LogP contribution in [0.3, 0.4) is 0 Å². The van der Waals surface area contributed by atoms with Crippen LogP contribution >= 0.6 is 0 Å².